The Balaban J connectivity index is 0.00000288. The Hall–Kier alpha value is -1.62. The minimum Gasteiger partial charge on any atom is -0.454 e. The molecule has 0 saturated heterocycles. The third-order valence-corrected chi connectivity index (χ3v) is 4.14. The van der Waals surface area contributed by atoms with Crippen LogP contribution in [0.25, 0.3) is 0 Å². The maximum Gasteiger partial charge on any atom is 0.284 e. The molecule has 2 aromatic heterocycles. The van der Waals surface area contributed by atoms with Crippen LogP contribution in [0.15, 0.2) is 27.7 Å². The number of carbonyl (C=O) groups excluding carboxylic acids is 1. The summed E-state index contributed by atoms with van der Waals surface area (Å²) in [6, 6.07) is 3.25. The third-order valence-electron chi connectivity index (χ3n) is 3.00. The zero-order valence-electron chi connectivity index (χ0n) is 13.7. The average molecular weight is 463 g/mol. The van der Waals surface area contributed by atoms with Crippen molar-refractivity contribution in [3.8, 4) is 0 Å². The van der Waals surface area contributed by atoms with E-state index in [0.717, 1.165) is 18.0 Å². The van der Waals surface area contributed by atoms with Gasteiger partial charge in [0.15, 0.2) is 11.7 Å². The zero-order valence-corrected chi connectivity index (χ0v) is 16.8. The lowest BCUT2D eigenvalue weighted by Gasteiger charge is -2.09. The predicted molar refractivity (Wildman–Crippen MR) is 106 cm³/mol. The van der Waals surface area contributed by atoms with Gasteiger partial charge in [-0.15, -0.1) is 35.3 Å². The standard InChI is InChI=1S/C15H21N5O2S.HI/c1-3-11-8-18-13(23-11)9-20-15(17-4-2)19-7-10-5-6-12(22-10)14(16)21;/h5-6,8H,3-4,7,9H2,1-2H3,(H2,16,21)(H2,17,19,20);1H. The summed E-state index contributed by atoms with van der Waals surface area (Å²) in [6.45, 7) is 5.78. The van der Waals surface area contributed by atoms with Crippen LogP contribution in [0.5, 0.6) is 0 Å². The Kier molecular flexibility index (Phi) is 8.76. The van der Waals surface area contributed by atoms with Crippen molar-refractivity contribution in [1.82, 2.24) is 15.6 Å². The van der Waals surface area contributed by atoms with Gasteiger partial charge >= 0.3 is 0 Å². The SMILES string of the molecule is CCNC(=NCc1ccc(C(N)=O)o1)NCc1ncc(CC)s1.I. The number of hydrogen-bond donors (Lipinski definition) is 3. The summed E-state index contributed by atoms with van der Waals surface area (Å²) in [5, 5.41) is 7.40. The van der Waals surface area contributed by atoms with E-state index in [9.17, 15) is 4.79 Å². The Morgan fingerprint density at radius 2 is 2.17 bits per heavy atom. The van der Waals surface area contributed by atoms with E-state index in [2.05, 4.69) is 27.5 Å². The van der Waals surface area contributed by atoms with Crippen molar-refractivity contribution >= 4 is 47.2 Å². The monoisotopic (exact) mass is 463 g/mol. The highest BCUT2D eigenvalue weighted by molar-refractivity contribution is 14.0. The van der Waals surface area contributed by atoms with E-state index in [1.54, 1.807) is 23.5 Å². The van der Waals surface area contributed by atoms with Gasteiger partial charge in [0, 0.05) is 17.6 Å². The Labute approximate surface area is 162 Å². The van der Waals surface area contributed by atoms with Gasteiger partial charge in [-0.1, -0.05) is 6.92 Å². The van der Waals surface area contributed by atoms with Crippen molar-refractivity contribution in [3.05, 3.63) is 39.7 Å². The molecular formula is C15H22IN5O2S. The third kappa shape index (κ3) is 6.11. The number of nitrogens with two attached hydrogens (primary N) is 1. The number of nitrogens with one attached hydrogen (secondary N) is 2. The lowest BCUT2D eigenvalue weighted by Crippen LogP contribution is -2.36. The molecule has 1 amide bonds. The molecule has 0 atom stereocenters. The second-order valence-corrected chi connectivity index (χ2v) is 5.95. The molecule has 9 heteroatoms. The first-order valence-electron chi connectivity index (χ1n) is 7.46. The van der Waals surface area contributed by atoms with Gasteiger partial charge in [-0.05, 0) is 25.5 Å². The van der Waals surface area contributed by atoms with Gasteiger partial charge in [0.05, 0.1) is 6.54 Å². The molecule has 132 valence electrons. The molecule has 0 aliphatic rings. The second kappa shape index (κ2) is 10.3. The van der Waals surface area contributed by atoms with Crippen LogP contribution in [0.1, 0.15) is 40.0 Å². The summed E-state index contributed by atoms with van der Waals surface area (Å²) in [5.74, 6) is 0.806. The molecule has 0 fully saturated rings. The van der Waals surface area contributed by atoms with Gasteiger partial charge in [0.2, 0.25) is 0 Å². The smallest absolute Gasteiger partial charge is 0.284 e. The van der Waals surface area contributed by atoms with Crippen LogP contribution in [-0.2, 0) is 19.5 Å². The molecule has 0 aliphatic carbocycles. The minimum atomic E-state index is -0.583. The first kappa shape index (κ1) is 20.4. The number of aliphatic imine (C=N–C) groups is 1. The van der Waals surface area contributed by atoms with E-state index in [1.807, 2.05) is 13.1 Å². The molecule has 4 N–H and O–H groups in total. The molecule has 0 aliphatic heterocycles. The number of amides is 1. The van der Waals surface area contributed by atoms with Gasteiger partial charge in [-0.2, -0.15) is 0 Å². The van der Waals surface area contributed by atoms with Gasteiger partial charge in [0.25, 0.3) is 5.91 Å². The first-order valence-corrected chi connectivity index (χ1v) is 8.28. The largest absolute Gasteiger partial charge is 0.454 e. The van der Waals surface area contributed by atoms with Crippen LogP contribution < -0.4 is 16.4 Å². The number of hydrogen-bond acceptors (Lipinski definition) is 5. The maximum absolute atomic E-state index is 11.0. The fourth-order valence-corrected chi connectivity index (χ4v) is 2.65. The van der Waals surface area contributed by atoms with Gasteiger partial charge < -0.3 is 20.8 Å². The van der Waals surface area contributed by atoms with Crippen LogP contribution in [0.2, 0.25) is 0 Å². The number of thiazole rings is 1. The molecule has 0 radical (unpaired) electrons. The number of furan rings is 1. The highest BCUT2D eigenvalue weighted by Crippen LogP contribution is 2.13. The van der Waals surface area contributed by atoms with Crippen molar-refractivity contribution < 1.29 is 9.21 Å². The average Bonchev–Trinajstić information content (AvgIpc) is 3.19. The molecule has 2 heterocycles. The van der Waals surface area contributed by atoms with Crippen LogP contribution in [0.4, 0.5) is 0 Å². The number of rotatable bonds is 7. The Bertz CT molecular complexity index is 683. The Morgan fingerprint density at radius 1 is 1.38 bits per heavy atom. The van der Waals surface area contributed by atoms with E-state index in [0.29, 0.717) is 24.8 Å². The normalized spacial score (nSPS) is 11.0. The second-order valence-electron chi connectivity index (χ2n) is 4.75. The molecular weight excluding hydrogens is 441 g/mol. The summed E-state index contributed by atoms with van der Waals surface area (Å²) in [4.78, 5) is 21.1. The molecule has 0 unspecified atom stereocenters. The molecule has 0 spiro atoms. The van der Waals surface area contributed by atoms with Crippen molar-refractivity contribution in [1.29, 1.82) is 0 Å². The maximum atomic E-state index is 11.0. The summed E-state index contributed by atoms with van der Waals surface area (Å²) in [6.07, 6.45) is 2.90. The highest BCUT2D eigenvalue weighted by Gasteiger charge is 2.07. The van der Waals surface area contributed by atoms with Crippen molar-refractivity contribution in [2.24, 2.45) is 10.7 Å². The summed E-state index contributed by atoms with van der Waals surface area (Å²) in [7, 11) is 0. The summed E-state index contributed by atoms with van der Waals surface area (Å²) < 4.78 is 5.31. The van der Waals surface area contributed by atoms with Gasteiger partial charge in [0.1, 0.15) is 17.3 Å². The number of aryl methyl sites for hydroxylation is 1. The number of halogens is 1. The van der Waals surface area contributed by atoms with Crippen LogP contribution in [0.3, 0.4) is 0 Å². The van der Waals surface area contributed by atoms with Crippen molar-refractivity contribution in [2.75, 3.05) is 6.54 Å². The summed E-state index contributed by atoms with van der Waals surface area (Å²) in [5.41, 5.74) is 5.16. The molecule has 0 bridgehead atoms. The number of primary amides is 1. The van der Waals surface area contributed by atoms with Crippen molar-refractivity contribution in [2.45, 2.75) is 33.4 Å². The quantitative estimate of drug-likeness (QED) is 0.332. The van der Waals surface area contributed by atoms with E-state index >= 15 is 0 Å². The number of aromatic nitrogens is 1. The molecule has 2 rings (SSSR count). The molecule has 0 aromatic carbocycles. The summed E-state index contributed by atoms with van der Waals surface area (Å²) >= 11 is 1.69. The van der Waals surface area contributed by atoms with E-state index < -0.39 is 5.91 Å². The molecule has 7 nitrogen and oxygen atoms in total. The predicted octanol–water partition coefficient (Wildman–Crippen LogP) is 2.27. The lowest BCUT2D eigenvalue weighted by atomic mass is 10.4. The van der Waals surface area contributed by atoms with Crippen LogP contribution in [-0.4, -0.2) is 23.4 Å². The number of carbonyl (C=O) groups is 1. The van der Waals surface area contributed by atoms with Gasteiger partial charge in [-0.3, -0.25) is 4.79 Å². The van der Waals surface area contributed by atoms with Crippen LogP contribution >= 0.6 is 35.3 Å². The van der Waals surface area contributed by atoms with E-state index in [4.69, 9.17) is 10.2 Å². The fourth-order valence-electron chi connectivity index (χ4n) is 1.85. The molecule has 0 saturated carbocycles. The molecule has 24 heavy (non-hydrogen) atoms. The zero-order chi connectivity index (χ0) is 16.7. The van der Waals surface area contributed by atoms with Crippen molar-refractivity contribution in [3.63, 3.8) is 0 Å². The fraction of sp³-hybridized carbons (Fsp3) is 0.400. The first-order chi connectivity index (χ1) is 11.1. The Morgan fingerprint density at radius 3 is 2.75 bits per heavy atom. The lowest BCUT2D eigenvalue weighted by molar-refractivity contribution is 0.0972. The highest BCUT2D eigenvalue weighted by atomic mass is 127. The minimum absolute atomic E-state index is 0. The number of guanidine groups is 1. The number of nitrogens with zero attached hydrogens (tertiary/aromatic N) is 2. The van der Waals surface area contributed by atoms with Gasteiger partial charge in [-0.25, -0.2) is 9.98 Å². The molecule has 2 aromatic rings. The van der Waals surface area contributed by atoms with E-state index in [-0.39, 0.29) is 29.7 Å². The van der Waals surface area contributed by atoms with Crippen LogP contribution in [0, 0.1) is 0 Å². The van der Waals surface area contributed by atoms with E-state index in [1.165, 1.54) is 4.88 Å². The topological polar surface area (TPSA) is 106 Å².